The molecule has 1 aromatic carbocycles. The molecule has 0 amide bonds. The number of halogens is 1. The van der Waals surface area contributed by atoms with Crippen molar-refractivity contribution in [1.29, 1.82) is 0 Å². The van der Waals surface area contributed by atoms with Gasteiger partial charge in [-0.1, -0.05) is 13.8 Å². The third kappa shape index (κ3) is 4.24. The Morgan fingerprint density at radius 1 is 1.35 bits per heavy atom. The number of nitrogens with zero attached hydrogens (tertiary/aromatic N) is 1. The first kappa shape index (κ1) is 15.7. The monoisotopic (exact) mass is 258 g/mol. The molecule has 0 unspecified atom stereocenters. The van der Waals surface area contributed by atoms with Crippen LogP contribution in [0, 0.1) is 0 Å². The van der Waals surface area contributed by atoms with Crippen molar-refractivity contribution >= 4 is 24.1 Å². The number of hydrogen-bond acceptors (Lipinski definition) is 3. The van der Waals surface area contributed by atoms with Crippen molar-refractivity contribution in [3.8, 4) is 0 Å². The lowest BCUT2D eigenvalue weighted by molar-refractivity contribution is 0.0696. The van der Waals surface area contributed by atoms with Crippen LogP contribution in [0.15, 0.2) is 18.2 Å². The second-order valence-corrected chi connectivity index (χ2v) is 3.68. The zero-order valence-corrected chi connectivity index (χ0v) is 11.0. The minimum absolute atomic E-state index is 0. The summed E-state index contributed by atoms with van der Waals surface area (Å²) in [5.41, 5.74) is 7.64. The number of carbonyl (C=O) groups is 1. The van der Waals surface area contributed by atoms with Gasteiger partial charge in [-0.15, -0.1) is 12.4 Å². The van der Waals surface area contributed by atoms with Crippen LogP contribution in [0.5, 0.6) is 0 Å². The maximum Gasteiger partial charge on any atom is 0.335 e. The van der Waals surface area contributed by atoms with Crippen LogP contribution in [-0.4, -0.2) is 29.1 Å². The van der Waals surface area contributed by atoms with E-state index >= 15 is 0 Å². The Balaban J connectivity index is 0.00000256. The molecule has 0 aromatic heterocycles. The van der Waals surface area contributed by atoms with Gasteiger partial charge in [0.15, 0.2) is 0 Å². The van der Waals surface area contributed by atoms with Crippen LogP contribution in [0.3, 0.4) is 0 Å². The molecule has 0 radical (unpaired) electrons. The van der Waals surface area contributed by atoms with Crippen molar-refractivity contribution in [3.05, 3.63) is 29.3 Å². The topological polar surface area (TPSA) is 66.6 Å². The van der Waals surface area contributed by atoms with E-state index in [4.69, 9.17) is 10.8 Å². The molecule has 1 rings (SSSR count). The largest absolute Gasteiger partial charge is 0.478 e. The number of benzene rings is 1. The van der Waals surface area contributed by atoms with E-state index in [1.54, 1.807) is 12.1 Å². The first-order chi connectivity index (χ1) is 7.58. The van der Waals surface area contributed by atoms with Gasteiger partial charge in [-0.05, 0) is 36.9 Å². The standard InChI is InChI=1S/C12H18N2O2.ClH/c1-3-14(4-2)8-10-7-9(12(15)16)5-6-11(10)13;/h5-7H,3-4,8,13H2,1-2H3,(H,15,16);1H. The predicted molar refractivity (Wildman–Crippen MR) is 71.7 cm³/mol. The minimum atomic E-state index is -0.916. The molecular weight excluding hydrogens is 240 g/mol. The number of aromatic carboxylic acids is 1. The summed E-state index contributed by atoms with van der Waals surface area (Å²) in [6.07, 6.45) is 0. The van der Waals surface area contributed by atoms with Crippen molar-refractivity contribution in [2.45, 2.75) is 20.4 Å². The number of nitrogens with two attached hydrogens (primary N) is 1. The van der Waals surface area contributed by atoms with Crippen LogP contribution in [0.1, 0.15) is 29.8 Å². The average Bonchev–Trinajstić information content (AvgIpc) is 2.27. The zero-order chi connectivity index (χ0) is 12.1. The number of carboxylic acid groups (broad SMARTS) is 1. The smallest absolute Gasteiger partial charge is 0.335 e. The van der Waals surface area contributed by atoms with Gasteiger partial charge >= 0.3 is 5.97 Å². The Bertz CT molecular complexity index is 379. The highest BCUT2D eigenvalue weighted by Crippen LogP contribution is 2.16. The van der Waals surface area contributed by atoms with Crippen LogP contribution < -0.4 is 5.73 Å². The van der Waals surface area contributed by atoms with Gasteiger partial charge in [0.1, 0.15) is 0 Å². The highest BCUT2D eigenvalue weighted by atomic mass is 35.5. The molecule has 0 atom stereocenters. The summed E-state index contributed by atoms with van der Waals surface area (Å²) in [4.78, 5) is 13.0. The van der Waals surface area contributed by atoms with Crippen LogP contribution in [-0.2, 0) is 6.54 Å². The molecule has 5 heteroatoms. The van der Waals surface area contributed by atoms with Gasteiger partial charge in [-0.3, -0.25) is 4.90 Å². The first-order valence-corrected chi connectivity index (χ1v) is 5.42. The van der Waals surface area contributed by atoms with Crippen molar-refractivity contribution in [2.24, 2.45) is 0 Å². The summed E-state index contributed by atoms with van der Waals surface area (Å²) in [5, 5.41) is 8.89. The third-order valence-electron chi connectivity index (χ3n) is 2.68. The Kier molecular flexibility index (Phi) is 6.61. The van der Waals surface area contributed by atoms with E-state index in [-0.39, 0.29) is 18.0 Å². The summed E-state index contributed by atoms with van der Waals surface area (Å²) in [5.74, 6) is -0.916. The fraction of sp³-hybridized carbons (Fsp3) is 0.417. The number of nitrogen functional groups attached to an aromatic ring is 1. The fourth-order valence-electron chi connectivity index (χ4n) is 1.56. The van der Waals surface area contributed by atoms with Crippen LogP contribution in [0.25, 0.3) is 0 Å². The fourth-order valence-corrected chi connectivity index (χ4v) is 1.56. The quantitative estimate of drug-likeness (QED) is 0.795. The molecule has 0 aliphatic heterocycles. The van der Waals surface area contributed by atoms with E-state index in [1.165, 1.54) is 6.07 Å². The lowest BCUT2D eigenvalue weighted by Gasteiger charge is -2.19. The summed E-state index contributed by atoms with van der Waals surface area (Å²) < 4.78 is 0. The zero-order valence-electron chi connectivity index (χ0n) is 10.1. The number of hydrogen-bond donors (Lipinski definition) is 2. The third-order valence-corrected chi connectivity index (χ3v) is 2.68. The molecule has 0 spiro atoms. The minimum Gasteiger partial charge on any atom is -0.478 e. The molecule has 0 saturated carbocycles. The second kappa shape index (κ2) is 7.14. The molecule has 17 heavy (non-hydrogen) atoms. The number of carboxylic acids is 1. The molecule has 96 valence electrons. The number of anilines is 1. The van der Waals surface area contributed by atoms with Gasteiger partial charge in [-0.2, -0.15) is 0 Å². The average molecular weight is 259 g/mol. The maximum atomic E-state index is 10.8. The molecule has 1 aromatic rings. The van der Waals surface area contributed by atoms with Crippen molar-refractivity contribution in [3.63, 3.8) is 0 Å². The predicted octanol–water partition coefficient (Wildman–Crippen LogP) is 2.23. The molecular formula is C12H19ClN2O2. The molecule has 4 nitrogen and oxygen atoms in total. The van der Waals surface area contributed by atoms with Crippen LogP contribution >= 0.6 is 12.4 Å². The van der Waals surface area contributed by atoms with Gasteiger partial charge in [0.25, 0.3) is 0 Å². The van der Waals surface area contributed by atoms with Gasteiger partial charge in [-0.25, -0.2) is 4.79 Å². The van der Waals surface area contributed by atoms with E-state index < -0.39 is 5.97 Å². The van der Waals surface area contributed by atoms with Crippen molar-refractivity contribution < 1.29 is 9.90 Å². The van der Waals surface area contributed by atoms with Crippen LogP contribution in [0.4, 0.5) is 5.69 Å². The maximum absolute atomic E-state index is 10.8. The van der Waals surface area contributed by atoms with Gasteiger partial charge in [0, 0.05) is 12.2 Å². The highest BCUT2D eigenvalue weighted by molar-refractivity contribution is 5.88. The molecule has 0 fully saturated rings. The van der Waals surface area contributed by atoms with E-state index in [2.05, 4.69) is 18.7 Å². The van der Waals surface area contributed by atoms with Gasteiger partial charge in [0.05, 0.1) is 5.56 Å². The summed E-state index contributed by atoms with van der Waals surface area (Å²) in [6, 6.07) is 4.83. The van der Waals surface area contributed by atoms with E-state index in [9.17, 15) is 4.79 Å². The molecule has 0 aliphatic carbocycles. The van der Waals surface area contributed by atoms with Crippen LogP contribution in [0.2, 0.25) is 0 Å². The normalized spacial score (nSPS) is 10.1. The lowest BCUT2D eigenvalue weighted by atomic mass is 10.1. The van der Waals surface area contributed by atoms with E-state index in [0.29, 0.717) is 12.2 Å². The Labute approximate surface area is 108 Å². The summed E-state index contributed by atoms with van der Waals surface area (Å²) in [6.45, 7) is 6.68. The first-order valence-electron chi connectivity index (χ1n) is 5.42. The van der Waals surface area contributed by atoms with Crippen molar-refractivity contribution in [2.75, 3.05) is 18.8 Å². The Morgan fingerprint density at radius 2 is 1.94 bits per heavy atom. The molecule has 0 bridgehead atoms. The highest BCUT2D eigenvalue weighted by Gasteiger charge is 2.08. The summed E-state index contributed by atoms with van der Waals surface area (Å²) >= 11 is 0. The molecule has 0 saturated heterocycles. The SMILES string of the molecule is CCN(CC)Cc1cc(C(=O)O)ccc1N.Cl. The summed E-state index contributed by atoms with van der Waals surface area (Å²) in [7, 11) is 0. The number of rotatable bonds is 5. The van der Waals surface area contributed by atoms with Gasteiger partial charge in [0.2, 0.25) is 0 Å². The Hall–Kier alpha value is -1.26. The molecule has 0 heterocycles. The Morgan fingerprint density at radius 3 is 2.41 bits per heavy atom. The lowest BCUT2D eigenvalue weighted by Crippen LogP contribution is -2.23. The van der Waals surface area contributed by atoms with Crippen molar-refractivity contribution in [1.82, 2.24) is 4.90 Å². The molecule has 3 N–H and O–H groups in total. The van der Waals surface area contributed by atoms with E-state index in [0.717, 1.165) is 18.7 Å². The molecule has 0 aliphatic rings. The second-order valence-electron chi connectivity index (χ2n) is 3.68. The van der Waals surface area contributed by atoms with Gasteiger partial charge < -0.3 is 10.8 Å². The van der Waals surface area contributed by atoms with E-state index in [1.807, 2.05) is 0 Å².